The molecule has 3 heterocycles. The summed E-state index contributed by atoms with van der Waals surface area (Å²) in [6.07, 6.45) is 2.66. The van der Waals surface area contributed by atoms with Gasteiger partial charge in [0.25, 0.3) is 5.91 Å². The van der Waals surface area contributed by atoms with Gasteiger partial charge in [0.05, 0.1) is 5.69 Å². The first-order valence-corrected chi connectivity index (χ1v) is 13.3. The van der Waals surface area contributed by atoms with Crippen LogP contribution in [0.15, 0.2) is 48.7 Å². The summed E-state index contributed by atoms with van der Waals surface area (Å²) in [4.78, 5) is 28.8. The number of piperazine rings is 1. The predicted molar refractivity (Wildman–Crippen MR) is 153 cm³/mol. The highest BCUT2D eigenvalue weighted by Gasteiger charge is 2.40. The van der Waals surface area contributed by atoms with Crippen LogP contribution in [-0.4, -0.2) is 66.1 Å². The van der Waals surface area contributed by atoms with Crippen molar-refractivity contribution in [1.29, 1.82) is 0 Å². The Labute approximate surface area is 224 Å². The van der Waals surface area contributed by atoms with Crippen molar-refractivity contribution in [1.82, 2.24) is 14.9 Å². The van der Waals surface area contributed by atoms with Crippen molar-refractivity contribution < 1.29 is 9.53 Å². The van der Waals surface area contributed by atoms with E-state index < -0.39 is 5.60 Å². The van der Waals surface area contributed by atoms with E-state index in [0.717, 1.165) is 55.2 Å². The quantitative estimate of drug-likeness (QED) is 0.458. The molecule has 0 unspecified atom stereocenters. The van der Waals surface area contributed by atoms with E-state index in [0.29, 0.717) is 24.1 Å². The zero-order chi connectivity index (χ0) is 26.9. The van der Waals surface area contributed by atoms with Crippen molar-refractivity contribution >= 4 is 40.4 Å². The van der Waals surface area contributed by atoms with Gasteiger partial charge in [-0.15, -0.1) is 0 Å². The number of hydrogen-bond donors (Lipinski definition) is 2. The molecule has 1 saturated heterocycles. The number of ether oxygens (including phenoxy) is 1. The predicted octanol–water partition coefficient (Wildman–Crippen LogP) is 4.94. The van der Waals surface area contributed by atoms with Gasteiger partial charge in [0.2, 0.25) is 5.95 Å². The highest BCUT2D eigenvalue weighted by Crippen LogP contribution is 2.40. The van der Waals surface area contributed by atoms with Crippen molar-refractivity contribution in [3.05, 3.63) is 54.2 Å². The Morgan fingerprint density at radius 3 is 2.42 bits per heavy atom. The third-order valence-electron chi connectivity index (χ3n) is 7.05. The second-order valence-corrected chi connectivity index (χ2v) is 10.6. The first-order chi connectivity index (χ1) is 18.2. The molecule has 0 radical (unpaired) electrons. The Hall–Kier alpha value is -3.85. The number of amides is 1. The molecule has 2 N–H and O–H groups in total. The number of aryl methyl sites for hydroxylation is 1. The van der Waals surface area contributed by atoms with Crippen molar-refractivity contribution in [2.24, 2.45) is 0 Å². The second-order valence-electron chi connectivity index (χ2n) is 10.6. The molecule has 9 nitrogen and oxygen atoms in total. The summed E-state index contributed by atoms with van der Waals surface area (Å²) in [5.41, 5.74) is 3.78. The first-order valence-electron chi connectivity index (χ1n) is 13.3. The average molecular weight is 516 g/mol. The molecule has 1 aromatic heterocycles. The molecule has 0 saturated carbocycles. The standard InChI is InChI=1S/C29H37N7O2/c1-6-13-36-24-18-22(9-12-25(24)38-29(3,4)27(36)37)31-26-20(2)19-30-28(33-26)32-21-7-10-23(11-8-21)35-16-14-34(5)15-17-35/h7-12,18-19H,6,13-17H2,1-5H3,(H2,30,31,32,33). The van der Waals surface area contributed by atoms with Crippen molar-refractivity contribution in [2.45, 2.75) is 39.7 Å². The van der Waals surface area contributed by atoms with Crippen LogP contribution in [0.2, 0.25) is 0 Å². The van der Waals surface area contributed by atoms with Gasteiger partial charge < -0.3 is 30.1 Å². The number of nitrogens with one attached hydrogen (secondary N) is 2. The third kappa shape index (κ3) is 5.38. The summed E-state index contributed by atoms with van der Waals surface area (Å²) < 4.78 is 6.01. The fourth-order valence-corrected chi connectivity index (χ4v) is 4.81. The molecule has 0 aliphatic carbocycles. The van der Waals surface area contributed by atoms with Gasteiger partial charge in [-0.2, -0.15) is 4.98 Å². The minimum absolute atomic E-state index is 0.0349. The van der Waals surface area contributed by atoms with Crippen LogP contribution in [0, 0.1) is 6.92 Å². The highest BCUT2D eigenvalue weighted by molar-refractivity contribution is 6.02. The van der Waals surface area contributed by atoms with Gasteiger partial charge in [-0.25, -0.2) is 4.98 Å². The maximum Gasteiger partial charge on any atom is 0.270 e. The molecule has 3 aromatic rings. The smallest absolute Gasteiger partial charge is 0.270 e. The molecule has 38 heavy (non-hydrogen) atoms. The number of likely N-dealkylation sites (N-methyl/N-ethyl adjacent to an activating group) is 1. The lowest BCUT2D eigenvalue weighted by molar-refractivity contribution is -0.132. The zero-order valence-corrected chi connectivity index (χ0v) is 22.9. The van der Waals surface area contributed by atoms with Gasteiger partial charge in [-0.05, 0) is 76.7 Å². The fourth-order valence-electron chi connectivity index (χ4n) is 4.81. The first kappa shape index (κ1) is 25.8. The molecule has 1 amide bonds. The van der Waals surface area contributed by atoms with E-state index in [4.69, 9.17) is 9.72 Å². The van der Waals surface area contributed by atoms with Gasteiger partial charge in [-0.1, -0.05) is 6.92 Å². The van der Waals surface area contributed by atoms with Crippen LogP contribution in [-0.2, 0) is 4.79 Å². The molecular weight excluding hydrogens is 478 g/mol. The molecule has 0 bridgehead atoms. The Morgan fingerprint density at radius 1 is 1.00 bits per heavy atom. The molecule has 1 fully saturated rings. The Morgan fingerprint density at radius 2 is 1.71 bits per heavy atom. The largest absolute Gasteiger partial charge is 0.476 e. The molecule has 0 atom stereocenters. The number of aromatic nitrogens is 2. The van der Waals surface area contributed by atoms with Crippen molar-refractivity contribution in [3.63, 3.8) is 0 Å². The van der Waals surface area contributed by atoms with E-state index >= 15 is 0 Å². The van der Waals surface area contributed by atoms with Gasteiger partial charge in [0.1, 0.15) is 11.6 Å². The lowest BCUT2D eigenvalue weighted by atomic mass is 10.0. The summed E-state index contributed by atoms with van der Waals surface area (Å²) >= 11 is 0. The van der Waals surface area contributed by atoms with Crippen molar-refractivity contribution in [2.75, 3.05) is 60.2 Å². The fraction of sp³-hybridized carbons (Fsp3) is 0.414. The molecular formula is C29H37N7O2. The van der Waals surface area contributed by atoms with E-state index in [1.54, 1.807) is 6.20 Å². The van der Waals surface area contributed by atoms with Gasteiger partial charge in [-0.3, -0.25) is 4.79 Å². The molecule has 2 aromatic carbocycles. The van der Waals surface area contributed by atoms with E-state index in [-0.39, 0.29) is 5.91 Å². The second kappa shape index (κ2) is 10.5. The van der Waals surface area contributed by atoms with Crippen LogP contribution in [0.25, 0.3) is 0 Å². The third-order valence-corrected chi connectivity index (χ3v) is 7.05. The molecule has 5 rings (SSSR count). The number of nitrogens with zero attached hydrogens (tertiary/aromatic N) is 5. The Balaban J connectivity index is 1.32. The van der Waals surface area contributed by atoms with E-state index in [1.165, 1.54) is 5.69 Å². The van der Waals surface area contributed by atoms with Crippen LogP contribution in [0.3, 0.4) is 0 Å². The number of carbonyl (C=O) groups excluding carboxylic acids is 1. The summed E-state index contributed by atoms with van der Waals surface area (Å²) in [7, 11) is 2.16. The molecule has 200 valence electrons. The van der Waals surface area contributed by atoms with Gasteiger partial charge in [0.15, 0.2) is 5.60 Å². The van der Waals surface area contributed by atoms with Crippen LogP contribution >= 0.6 is 0 Å². The summed E-state index contributed by atoms with van der Waals surface area (Å²) in [5, 5.41) is 6.73. The minimum atomic E-state index is -0.885. The van der Waals surface area contributed by atoms with Crippen molar-refractivity contribution in [3.8, 4) is 5.75 Å². The van der Waals surface area contributed by atoms with E-state index in [9.17, 15) is 4.79 Å². The average Bonchev–Trinajstić information content (AvgIpc) is 2.90. The number of fused-ring (bicyclic) bond motifs is 1. The summed E-state index contributed by atoms with van der Waals surface area (Å²) in [6, 6.07) is 14.2. The maximum absolute atomic E-state index is 13.0. The van der Waals surface area contributed by atoms with Crippen LogP contribution in [0.1, 0.15) is 32.8 Å². The molecule has 2 aliphatic heterocycles. The van der Waals surface area contributed by atoms with Gasteiger partial charge in [0, 0.05) is 61.5 Å². The Kier molecular flexibility index (Phi) is 7.12. The molecule has 2 aliphatic rings. The highest BCUT2D eigenvalue weighted by atomic mass is 16.5. The van der Waals surface area contributed by atoms with E-state index in [2.05, 4.69) is 63.7 Å². The normalized spacial score (nSPS) is 17.1. The maximum atomic E-state index is 13.0. The number of anilines is 6. The number of rotatable bonds is 7. The van der Waals surface area contributed by atoms with Crippen LogP contribution in [0.4, 0.5) is 34.5 Å². The molecule has 0 spiro atoms. The summed E-state index contributed by atoms with van der Waals surface area (Å²) in [6.45, 7) is 12.5. The monoisotopic (exact) mass is 515 g/mol. The molecule has 9 heteroatoms. The number of carbonyl (C=O) groups is 1. The SMILES string of the molecule is CCCN1C(=O)C(C)(C)Oc2ccc(Nc3nc(Nc4ccc(N5CCN(C)CC5)cc4)ncc3C)cc21. The topological polar surface area (TPSA) is 85.9 Å². The lowest BCUT2D eigenvalue weighted by Gasteiger charge is -2.39. The lowest BCUT2D eigenvalue weighted by Crippen LogP contribution is -2.52. The van der Waals surface area contributed by atoms with Gasteiger partial charge >= 0.3 is 0 Å². The van der Waals surface area contributed by atoms with E-state index in [1.807, 2.05) is 43.9 Å². The summed E-state index contributed by atoms with van der Waals surface area (Å²) in [5.74, 6) is 1.88. The zero-order valence-electron chi connectivity index (χ0n) is 22.9. The minimum Gasteiger partial charge on any atom is -0.476 e. The van der Waals surface area contributed by atoms with Crippen LogP contribution < -0.4 is 25.2 Å². The Bertz CT molecular complexity index is 1300. The van der Waals surface area contributed by atoms with Crippen LogP contribution in [0.5, 0.6) is 5.75 Å². The number of benzene rings is 2. The number of hydrogen-bond acceptors (Lipinski definition) is 8.